The standard InChI is InChI=1S/C25H20N4O5.C19H20N2O3S/c1-2-33-24-26-20-9-5-8-19(23(30)31)21(20)29(24)14-15-10-12-16(13-11-15)17-6-3-4-7-18(17)22-27-25(32)34-28-22;1-2-13-3-6-15(20-12-13)9-10-24-16-7-4-14(5-8-16)11-17-18(22)21-19(23)25-17/h3-13H,2,14H2,1H3,(H,30,31)(H,27,28,32);3-8,12,17H,2,9-11H2,1H3,(H,21,22,23). The SMILES string of the molecule is CCOc1nc2cccc(C(=O)O)c2n1Cc1ccc(-c2ccccc2-c2noc(=O)[nH]2)cc1.CCc1ccc(CCOc2ccc(CC3SC(=O)NC3=O)cc2)nc1. The van der Waals surface area contributed by atoms with Crippen molar-refractivity contribution in [2.45, 2.75) is 44.9 Å². The maximum atomic E-state index is 11.8. The lowest BCUT2D eigenvalue weighted by atomic mass is 9.98. The normalized spacial score (nSPS) is 13.5. The van der Waals surface area contributed by atoms with Gasteiger partial charge in [-0.3, -0.25) is 34.0 Å². The first-order valence-electron chi connectivity index (χ1n) is 19.0. The molecule has 0 radical (unpaired) electrons. The van der Waals surface area contributed by atoms with Gasteiger partial charge in [-0.05, 0) is 77.9 Å². The third-order valence-electron chi connectivity index (χ3n) is 9.50. The third kappa shape index (κ3) is 9.76. The number of thioether (sulfide) groups is 1. The topological polar surface area (TPSA) is 192 Å². The van der Waals surface area contributed by atoms with Crippen LogP contribution in [0.25, 0.3) is 33.5 Å². The van der Waals surface area contributed by atoms with Gasteiger partial charge in [0, 0.05) is 23.9 Å². The van der Waals surface area contributed by atoms with Crippen molar-refractivity contribution in [3.8, 4) is 34.3 Å². The molecule has 0 spiro atoms. The molecule has 1 aliphatic rings. The number of fused-ring (bicyclic) bond motifs is 1. The van der Waals surface area contributed by atoms with Gasteiger partial charge in [0.05, 0.1) is 41.6 Å². The van der Waals surface area contributed by atoms with Gasteiger partial charge in [-0.15, -0.1) is 0 Å². The number of nitrogens with one attached hydrogen (secondary N) is 2. The van der Waals surface area contributed by atoms with E-state index < -0.39 is 11.7 Å². The van der Waals surface area contributed by atoms with Crippen molar-refractivity contribution < 1.29 is 33.5 Å². The second-order valence-corrected chi connectivity index (χ2v) is 14.6. The minimum atomic E-state index is -1.02. The molecule has 4 heterocycles. The van der Waals surface area contributed by atoms with Crippen LogP contribution in [0.1, 0.15) is 46.6 Å². The molecule has 2 amide bonds. The van der Waals surface area contributed by atoms with Gasteiger partial charge in [0.2, 0.25) is 5.91 Å². The number of aromatic amines is 1. The van der Waals surface area contributed by atoms with Crippen LogP contribution in [0.4, 0.5) is 4.79 Å². The summed E-state index contributed by atoms with van der Waals surface area (Å²) in [5.41, 5.74) is 8.00. The quantitative estimate of drug-likeness (QED) is 0.0991. The molecular formula is C44H40N6O8S. The predicted molar refractivity (Wildman–Crippen MR) is 223 cm³/mol. The molecule has 15 heteroatoms. The second-order valence-electron chi connectivity index (χ2n) is 13.4. The lowest BCUT2D eigenvalue weighted by Gasteiger charge is -2.12. The maximum Gasteiger partial charge on any atom is 0.439 e. The number of para-hydroxylation sites is 1. The van der Waals surface area contributed by atoms with Crippen molar-refractivity contribution in [3.63, 3.8) is 0 Å². The Morgan fingerprint density at radius 2 is 1.61 bits per heavy atom. The molecule has 0 aliphatic carbocycles. The first kappa shape index (κ1) is 40.2. The van der Waals surface area contributed by atoms with E-state index in [-0.39, 0.29) is 22.0 Å². The molecule has 300 valence electrons. The average molecular weight is 813 g/mol. The van der Waals surface area contributed by atoms with Crippen molar-refractivity contribution in [2.75, 3.05) is 13.2 Å². The number of carboxylic acid groups (broad SMARTS) is 1. The van der Waals surface area contributed by atoms with E-state index in [4.69, 9.17) is 9.47 Å². The number of nitrogens with zero attached hydrogens (tertiary/aromatic N) is 4. The summed E-state index contributed by atoms with van der Waals surface area (Å²) in [6.45, 7) is 5.32. The number of amides is 2. The lowest BCUT2D eigenvalue weighted by Crippen LogP contribution is -2.25. The Bertz CT molecular complexity index is 2640. The molecule has 1 saturated heterocycles. The Kier molecular flexibility index (Phi) is 12.6. The molecule has 0 bridgehead atoms. The summed E-state index contributed by atoms with van der Waals surface area (Å²) in [6.07, 6.45) is 4.19. The smallest absolute Gasteiger partial charge is 0.439 e. The number of aryl methyl sites for hydroxylation is 1. The Morgan fingerprint density at radius 1 is 0.864 bits per heavy atom. The van der Waals surface area contributed by atoms with E-state index in [1.807, 2.05) is 92.0 Å². The van der Waals surface area contributed by atoms with Gasteiger partial charge in [0.15, 0.2) is 5.82 Å². The fraction of sp³-hybridized carbons (Fsp3) is 0.205. The number of benzene rings is 4. The summed E-state index contributed by atoms with van der Waals surface area (Å²) in [7, 11) is 0. The van der Waals surface area contributed by atoms with Crippen LogP contribution in [0.5, 0.6) is 11.8 Å². The zero-order chi connectivity index (χ0) is 41.3. The van der Waals surface area contributed by atoms with Crippen LogP contribution in [0.3, 0.4) is 0 Å². The van der Waals surface area contributed by atoms with E-state index >= 15 is 0 Å². The van der Waals surface area contributed by atoms with E-state index in [0.29, 0.717) is 49.0 Å². The van der Waals surface area contributed by atoms with E-state index in [1.165, 1.54) is 5.56 Å². The Morgan fingerprint density at radius 3 is 2.25 bits per heavy atom. The van der Waals surface area contributed by atoms with Crippen molar-refractivity contribution in [2.24, 2.45) is 0 Å². The van der Waals surface area contributed by atoms with Crippen LogP contribution in [0.2, 0.25) is 0 Å². The number of ether oxygens (including phenoxy) is 2. The average Bonchev–Trinajstić information content (AvgIpc) is 3.94. The molecule has 0 saturated carbocycles. The van der Waals surface area contributed by atoms with E-state index in [2.05, 4.69) is 42.9 Å². The van der Waals surface area contributed by atoms with Crippen molar-refractivity contribution >= 4 is 39.9 Å². The lowest BCUT2D eigenvalue weighted by molar-refractivity contribution is -0.118. The minimum Gasteiger partial charge on any atom is -0.493 e. The van der Waals surface area contributed by atoms with E-state index in [0.717, 1.165) is 63.9 Å². The highest BCUT2D eigenvalue weighted by molar-refractivity contribution is 8.15. The second kappa shape index (κ2) is 18.5. The number of rotatable bonds is 14. The monoisotopic (exact) mass is 812 g/mol. The number of imide groups is 1. The van der Waals surface area contributed by atoms with Crippen LogP contribution in [0, 0.1) is 0 Å². The van der Waals surface area contributed by atoms with Crippen LogP contribution in [0.15, 0.2) is 119 Å². The summed E-state index contributed by atoms with van der Waals surface area (Å²) in [6, 6.07) is 32.6. The number of hydrogen-bond acceptors (Lipinski definition) is 11. The molecule has 4 aromatic carbocycles. The highest BCUT2D eigenvalue weighted by Gasteiger charge is 2.31. The van der Waals surface area contributed by atoms with Gasteiger partial charge < -0.3 is 14.6 Å². The summed E-state index contributed by atoms with van der Waals surface area (Å²) in [5.74, 6) is -0.700. The van der Waals surface area contributed by atoms with Crippen LogP contribution in [-0.2, 0) is 30.6 Å². The number of pyridine rings is 1. The van der Waals surface area contributed by atoms with Gasteiger partial charge in [0.25, 0.3) is 11.2 Å². The first-order chi connectivity index (χ1) is 28.7. The molecule has 3 N–H and O–H groups in total. The molecule has 1 aliphatic heterocycles. The van der Waals surface area contributed by atoms with E-state index in [1.54, 1.807) is 22.8 Å². The number of carbonyl (C=O) groups excluding carboxylic acids is 2. The summed E-state index contributed by atoms with van der Waals surface area (Å²) in [5, 5.41) is 15.2. The molecule has 7 aromatic rings. The molecule has 1 unspecified atom stereocenters. The molecule has 1 atom stereocenters. The largest absolute Gasteiger partial charge is 0.493 e. The fourth-order valence-corrected chi connectivity index (χ4v) is 7.39. The summed E-state index contributed by atoms with van der Waals surface area (Å²) < 4.78 is 17.9. The third-order valence-corrected chi connectivity index (χ3v) is 10.5. The zero-order valence-electron chi connectivity index (χ0n) is 32.2. The minimum absolute atomic E-state index is 0.170. The van der Waals surface area contributed by atoms with Gasteiger partial charge in [0.1, 0.15) is 5.75 Å². The Labute approximate surface area is 342 Å². The number of aromatic carboxylic acids is 1. The first-order valence-corrected chi connectivity index (χ1v) is 19.8. The van der Waals surface area contributed by atoms with Crippen LogP contribution in [-0.4, -0.2) is 65.4 Å². The molecule has 14 nitrogen and oxygen atoms in total. The molecule has 3 aromatic heterocycles. The van der Waals surface area contributed by atoms with Crippen molar-refractivity contribution in [1.82, 2.24) is 30.0 Å². The van der Waals surface area contributed by atoms with Crippen molar-refractivity contribution in [1.29, 1.82) is 0 Å². The zero-order valence-corrected chi connectivity index (χ0v) is 33.0. The molecular weight excluding hydrogens is 773 g/mol. The van der Waals surface area contributed by atoms with Gasteiger partial charge >= 0.3 is 11.7 Å². The van der Waals surface area contributed by atoms with Crippen LogP contribution >= 0.6 is 11.8 Å². The molecule has 59 heavy (non-hydrogen) atoms. The number of hydrogen-bond donors (Lipinski definition) is 3. The summed E-state index contributed by atoms with van der Waals surface area (Å²) in [4.78, 5) is 57.5. The fourth-order valence-electron chi connectivity index (χ4n) is 6.53. The van der Waals surface area contributed by atoms with Gasteiger partial charge in [-0.1, -0.05) is 96.6 Å². The van der Waals surface area contributed by atoms with E-state index in [9.17, 15) is 24.3 Å². The van der Waals surface area contributed by atoms with Gasteiger partial charge in [-0.25, -0.2) is 9.59 Å². The summed E-state index contributed by atoms with van der Waals surface area (Å²) >= 11 is 1.05. The molecule has 1 fully saturated rings. The predicted octanol–water partition coefficient (Wildman–Crippen LogP) is 7.35. The number of aromatic nitrogens is 5. The van der Waals surface area contributed by atoms with Gasteiger partial charge in [-0.2, -0.15) is 4.98 Å². The number of carbonyl (C=O) groups is 3. The number of carboxylic acids is 1. The highest BCUT2D eigenvalue weighted by Crippen LogP contribution is 2.31. The Balaban J connectivity index is 0.000000188. The Hall–Kier alpha value is -7.00. The molecule has 8 rings (SSSR count). The highest BCUT2D eigenvalue weighted by atomic mass is 32.2. The number of imidazole rings is 1. The maximum absolute atomic E-state index is 11.8. The van der Waals surface area contributed by atoms with Crippen LogP contribution < -0.4 is 20.5 Å². The number of H-pyrrole nitrogens is 1. The van der Waals surface area contributed by atoms with Crippen molar-refractivity contribution in [3.05, 3.63) is 148 Å².